The SMILES string of the molecule is CC(C)=CCC1OC1(C)C1CC(OC(=O)C=CC=CC=CC=CC(=O)O)CC[C@]12CO2. The van der Waals surface area contributed by atoms with Crippen molar-refractivity contribution in [1.29, 1.82) is 0 Å². The summed E-state index contributed by atoms with van der Waals surface area (Å²) in [7, 11) is 0. The summed E-state index contributed by atoms with van der Waals surface area (Å²) in [4.78, 5) is 22.5. The number of allylic oxidation sites excluding steroid dienone is 7. The fourth-order valence-electron chi connectivity index (χ4n) is 4.41. The third kappa shape index (κ3) is 6.28. The van der Waals surface area contributed by atoms with E-state index in [-0.39, 0.29) is 35.3 Å². The van der Waals surface area contributed by atoms with Crippen molar-refractivity contribution in [2.24, 2.45) is 5.92 Å². The van der Waals surface area contributed by atoms with Crippen molar-refractivity contribution in [3.63, 3.8) is 0 Å². The van der Waals surface area contributed by atoms with E-state index in [9.17, 15) is 9.59 Å². The highest BCUT2D eigenvalue weighted by Gasteiger charge is 2.68. The van der Waals surface area contributed by atoms with Gasteiger partial charge >= 0.3 is 11.9 Å². The summed E-state index contributed by atoms with van der Waals surface area (Å²) in [5.74, 6) is -1.13. The first-order chi connectivity index (χ1) is 14.7. The normalized spacial score (nSPS) is 34.7. The summed E-state index contributed by atoms with van der Waals surface area (Å²) < 4.78 is 17.7. The van der Waals surface area contributed by atoms with E-state index in [4.69, 9.17) is 19.3 Å². The maximum absolute atomic E-state index is 12.2. The van der Waals surface area contributed by atoms with E-state index < -0.39 is 5.97 Å². The number of aliphatic carboxylic acids is 1. The summed E-state index contributed by atoms with van der Waals surface area (Å²) in [5, 5.41) is 8.49. The lowest BCUT2D eigenvalue weighted by atomic mass is 9.70. The molecule has 168 valence electrons. The summed E-state index contributed by atoms with van der Waals surface area (Å²) in [6.45, 7) is 7.12. The number of carbonyl (C=O) groups is 2. The summed E-state index contributed by atoms with van der Waals surface area (Å²) in [6.07, 6.45) is 17.8. The molecule has 0 aromatic heterocycles. The average molecular weight is 429 g/mol. The molecule has 3 rings (SSSR count). The first kappa shape index (κ1) is 23.2. The van der Waals surface area contributed by atoms with Crippen LogP contribution in [0.3, 0.4) is 0 Å². The second kappa shape index (κ2) is 9.79. The molecule has 0 amide bonds. The molecule has 2 aliphatic heterocycles. The van der Waals surface area contributed by atoms with Crippen molar-refractivity contribution in [2.45, 2.75) is 69.9 Å². The molecular formula is C25H32O6. The number of rotatable bonds is 9. The third-order valence-corrected chi connectivity index (χ3v) is 6.26. The van der Waals surface area contributed by atoms with Gasteiger partial charge in [0.1, 0.15) is 6.10 Å². The summed E-state index contributed by atoms with van der Waals surface area (Å²) >= 11 is 0. The van der Waals surface area contributed by atoms with Crippen LogP contribution >= 0.6 is 0 Å². The van der Waals surface area contributed by atoms with Crippen molar-refractivity contribution in [3.05, 3.63) is 60.3 Å². The molecule has 0 bridgehead atoms. The molecule has 3 fully saturated rings. The Labute approximate surface area is 183 Å². The number of carboxylic acid groups (broad SMARTS) is 1. The quantitative estimate of drug-likeness (QED) is 0.194. The van der Waals surface area contributed by atoms with Gasteiger partial charge in [-0.3, -0.25) is 0 Å². The predicted octanol–water partition coefficient (Wildman–Crippen LogP) is 4.29. The van der Waals surface area contributed by atoms with Crippen LogP contribution in [-0.4, -0.2) is 47.1 Å². The van der Waals surface area contributed by atoms with Gasteiger partial charge in [0.05, 0.1) is 23.9 Å². The molecule has 6 nitrogen and oxygen atoms in total. The standard InChI is InChI=1S/C25H32O6/c1-18(2)12-13-21-24(3,31-21)20-16-19(14-15-25(20)17-29-25)30-23(28)11-9-7-5-4-6-8-10-22(26)27/h4-12,19-21H,13-17H2,1-3H3,(H,26,27)/t19?,20?,21?,24?,25-/m0/s1. The summed E-state index contributed by atoms with van der Waals surface area (Å²) in [5.41, 5.74) is 0.976. The zero-order valence-corrected chi connectivity index (χ0v) is 18.5. The fraction of sp³-hybridized carbons (Fsp3) is 0.520. The molecule has 3 aliphatic rings. The van der Waals surface area contributed by atoms with Gasteiger partial charge in [0, 0.05) is 18.1 Å². The first-order valence-corrected chi connectivity index (χ1v) is 10.8. The van der Waals surface area contributed by atoms with Gasteiger partial charge in [0.2, 0.25) is 0 Å². The Balaban J connectivity index is 1.48. The van der Waals surface area contributed by atoms with Crippen LogP contribution in [0.25, 0.3) is 0 Å². The van der Waals surface area contributed by atoms with Crippen molar-refractivity contribution in [1.82, 2.24) is 0 Å². The minimum absolute atomic E-state index is 0.0998. The highest BCUT2D eigenvalue weighted by Crippen LogP contribution is 2.59. The second-order valence-electron chi connectivity index (χ2n) is 8.87. The van der Waals surface area contributed by atoms with Gasteiger partial charge in [-0.25, -0.2) is 9.59 Å². The van der Waals surface area contributed by atoms with E-state index >= 15 is 0 Å². The maximum Gasteiger partial charge on any atom is 0.331 e. The zero-order chi connectivity index (χ0) is 22.5. The van der Waals surface area contributed by atoms with Crippen LogP contribution < -0.4 is 0 Å². The number of esters is 1. The van der Waals surface area contributed by atoms with Crippen LogP contribution in [0.4, 0.5) is 0 Å². The Kier molecular flexibility index (Phi) is 7.34. The first-order valence-electron chi connectivity index (χ1n) is 10.8. The smallest absolute Gasteiger partial charge is 0.331 e. The lowest BCUT2D eigenvalue weighted by molar-refractivity contribution is -0.147. The van der Waals surface area contributed by atoms with Crippen LogP contribution in [-0.2, 0) is 23.8 Å². The topological polar surface area (TPSA) is 88.7 Å². The Bertz CT molecular complexity index is 825. The lowest BCUT2D eigenvalue weighted by Gasteiger charge is -2.36. The predicted molar refractivity (Wildman–Crippen MR) is 117 cm³/mol. The lowest BCUT2D eigenvalue weighted by Crippen LogP contribution is -2.44. The average Bonchev–Trinajstić information content (AvgIpc) is 3.61. The molecule has 0 radical (unpaired) electrons. The van der Waals surface area contributed by atoms with Crippen molar-refractivity contribution in [2.75, 3.05) is 6.61 Å². The van der Waals surface area contributed by atoms with Crippen molar-refractivity contribution < 1.29 is 28.9 Å². The summed E-state index contributed by atoms with van der Waals surface area (Å²) in [6, 6.07) is 0. The number of carbonyl (C=O) groups excluding carboxylic acids is 1. The molecule has 6 heteroatoms. The van der Waals surface area contributed by atoms with Crippen molar-refractivity contribution in [3.8, 4) is 0 Å². The monoisotopic (exact) mass is 428 g/mol. The highest BCUT2D eigenvalue weighted by molar-refractivity contribution is 5.82. The van der Waals surface area contributed by atoms with Crippen LogP contribution in [0.1, 0.15) is 46.5 Å². The van der Waals surface area contributed by atoms with Gasteiger partial charge in [-0.2, -0.15) is 0 Å². The second-order valence-corrected chi connectivity index (χ2v) is 8.87. The van der Waals surface area contributed by atoms with E-state index in [0.717, 1.165) is 38.4 Å². The molecule has 1 N–H and O–H groups in total. The van der Waals surface area contributed by atoms with Gasteiger partial charge in [-0.1, -0.05) is 48.1 Å². The Morgan fingerprint density at radius 3 is 2.35 bits per heavy atom. The molecule has 31 heavy (non-hydrogen) atoms. The molecule has 1 saturated carbocycles. The van der Waals surface area contributed by atoms with Crippen LogP contribution in [0.15, 0.2) is 60.3 Å². The van der Waals surface area contributed by atoms with Crippen molar-refractivity contribution >= 4 is 11.9 Å². The molecule has 1 spiro atoms. The van der Waals surface area contributed by atoms with Gasteiger partial charge in [-0.15, -0.1) is 0 Å². The zero-order valence-electron chi connectivity index (χ0n) is 18.5. The number of hydrogen-bond donors (Lipinski definition) is 1. The number of epoxide rings is 2. The van der Waals surface area contributed by atoms with Crippen LogP contribution in [0.5, 0.6) is 0 Å². The third-order valence-electron chi connectivity index (χ3n) is 6.26. The van der Waals surface area contributed by atoms with E-state index in [0.29, 0.717) is 0 Å². The molecule has 4 unspecified atom stereocenters. The Hall–Kier alpha value is -2.44. The Morgan fingerprint density at radius 1 is 1.10 bits per heavy atom. The fourth-order valence-corrected chi connectivity index (χ4v) is 4.41. The van der Waals surface area contributed by atoms with Crippen LogP contribution in [0.2, 0.25) is 0 Å². The largest absolute Gasteiger partial charge is 0.478 e. The van der Waals surface area contributed by atoms with E-state index in [1.165, 1.54) is 17.7 Å². The van der Waals surface area contributed by atoms with Gasteiger partial charge in [0.25, 0.3) is 0 Å². The maximum atomic E-state index is 12.2. The molecule has 0 aromatic carbocycles. The van der Waals surface area contributed by atoms with Gasteiger partial charge < -0.3 is 19.3 Å². The minimum Gasteiger partial charge on any atom is -0.478 e. The van der Waals surface area contributed by atoms with Gasteiger partial charge in [-0.05, 0) is 46.5 Å². The number of hydrogen-bond acceptors (Lipinski definition) is 5. The van der Waals surface area contributed by atoms with E-state index in [1.54, 1.807) is 30.4 Å². The number of carboxylic acids is 1. The molecule has 2 saturated heterocycles. The molecule has 5 atom stereocenters. The molecule has 0 aromatic rings. The van der Waals surface area contributed by atoms with Gasteiger partial charge in [0.15, 0.2) is 0 Å². The minimum atomic E-state index is -0.994. The molecular weight excluding hydrogens is 396 g/mol. The Morgan fingerprint density at radius 2 is 1.74 bits per heavy atom. The number of ether oxygens (including phenoxy) is 3. The highest BCUT2D eigenvalue weighted by atomic mass is 16.6. The van der Waals surface area contributed by atoms with Crippen LogP contribution in [0, 0.1) is 5.92 Å². The van der Waals surface area contributed by atoms with E-state index in [2.05, 4.69) is 26.8 Å². The van der Waals surface area contributed by atoms with E-state index in [1.807, 2.05) is 0 Å². The molecule has 2 heterocycles. The molecule has 1 aliphatic carbocycles.